The fourth-order valence-electron chi connectivity index (χ4n) is 3.16. The number of piperidine rings is 1. The standard InChI is InChI=1S/C14H26N2O3/c1-2-19-14(18)9-13(17)11-15-7-8-16-6-4-3-5-12(16)10-15/h12-13,17H,2-11H2,1H3. The van der Waals surface area contributed by atoms with Crippen LogP contribution in [0.15, 0.2) is 0 Å². The lowest BCUT2D eigenvalue weighted by molar-refractivity contribution is -0.145. The van der Waals surface area contributed by atoms with Gasteiger partial charge in [-0.2, -0.15) is 0 Å². The van der Waals surface area contributed by atoms with E-state index in [2.05, 4.69) is 9.80 Å². The molecule has 0 saturated carbocycles. The number of aliphatic hydroxyl groups is 1. The van der Waals surface area contributed by atoms with Crippen molar-refractivity contribution in [2.75, 3.05) is 39.3 Å². The van der Waals surface area contributed by atoms with Gasteiger partial charge >= 0.3 is 5.97 Å². The van der Waals surface area contributed by atoms with Crippen molar-refractivity contribution in [2.45, 2.75) is 44.8 Å². The first-order valence-electron chi connectivity index (χ1n) is 7.49. The monoisotopic (exact) mass is 270 g/mol. The molecule has 2 aliphatic heterocycles. The van der Waals surface area contributed by atoms with Gasteiger partial charge in [-0.1, -0.05) is 6.42 Å². The number of esters is 1. The molecule has 2 saturated heterocycles. The Balaban J connectivity index is 1.72. The number of β-amino-alcohol motifs (C(OH)–C–C–N with tert-alkyl or cyclic N) is 1. The summed E-state index contributed by atoms with van der Waals surface area (Å²) in [5.41, 5.74) is 0. The predicted molar refractivity (Wildman–Crippen MR) is 72.9 cm³/mol. The third-order valence-electron chi connectivity index (χ3n) is 4.10. The van der Waals surface area contributed by atoms with Gasteiger partial charge in [0.15, 0.2) is 0 Å². The Kier molecular flexibility index (Phi) is 5.60. The van der Waals surface area contributed by atoms with Gasteiger partial charge in [0, 0.05) is 32.2 Å². The number of fused-ring (bicyclic) bond motifs is 1. The molecule has 110 valence electrons. The van der Waals surface area contributed by atoms with E-state index in [1.165, 1.54) is 25.8 Å². The molecule has 0 amide bonds. The summed E-state index contributed by atoms with van der Waals surface area (Å²) in [6.07, 6.45) is 3.42. The molecule has 2 fully saturated rings. The molecule has 1 N–H and O–H groups in total. The molecule has 2 unspecified atom stereocenters. The Bertz CT molecular complexity index is 298. The van der Waals surface area contributed by atoms with Crippen molar-refractivity contribution in [3.63, 3.8) is 0 Å². The Morgan fingerprint density at radius 1 is 1.37 bits per heavy atom. The van der Waals surface area contributed by atoms with Crippen LogP contribution < -0.4 is 0 Å². The van der Waals surface area contributed by atoms with Crippen LogP contribution in [0, 0.1) is 0 Å². The van der Waals surface area contributed by atoms with E-state index < -0.39 is 6.10 Å². The van der Waals surface area contributed by atoms with Crippen molar-refractivity contribution < 1.29 is 14.6 Å². The zero-order valence-electron chi connectivity index (χ0n) is 11.9. The number of nitrogens with zero attached hydrogens (tertiary/aromatic N) is 2. The van der Waals surface area contributed by atoms with Gasteiger partial charge in [0.05, 0.1) is 19.1 Å². The number of carbonyl (C=O) groups is 1. The fourth-order valence-corrected chi connectivity index (χ4v) is 3.16. The predicted octanol–water partition coefficient (Wildman–Crippen LogP) is 0.471. The maximum Gasteiger partial charge on any atom is 0.308 e. The number of aliphatic hydroxyl groups excluding tert-OH is 1. The van der Waals surface area contributed by atoms with Gasteiger partial charge < -0.3 is 9.84 Å². The summed E-state index contributed by atoms with van der Waals surface area (Å²) in [7, 11) is 0. The summed E-state index contributed by atoms with van der Waals surface area (Å²) in [6, 6.07) is 0.650. The van der Waals surface area contributed by atoms with Gasteiger partial charge in [-0.3, -0.25) is 14.6 Å². The van der Waals surface area contributed by atoms with Crippen molar-refractivity contribution in [3.8, 4) is 0 Å². The van der Waals surface area contributed by atoms with Crippen molar-refractivity contribution in [1.82, 2.24) is 9.80 Å². The van der Waals surface area contributed by atoms with E-state index in [1.54, 1.807) is 6.92 Å². The first-order chi connectivity index (χ1) is 9.19. The molecule has 0 aromatic heterocycles. The highest BCUT2D eigenvalue weighted by molar-refractivity contribution is 5.69. The molecule has 0 aromatic carbocycles. The number of piperazine rings is 1. The summed E-state index contributed by atoms with van der Waals surface area (Å²) in [6.45, 7) is 7.10. The maximum absolute atomic E-state index is 11.3. The average molecular weight is 270 g/mol. The van der Waals surface area contributed by atoms with Gasteiger partial charge in [0.1, 0.15) is 0 Å². The molecular weight excluding hydrogens is 244 g/mol. The summed E-state index contributed by atoms with van der Waals surface area (Å²) >= 11 is 0. The third-order valence-corrected chi connectivity index (χ3v) is 4.10. The molecular formula is C14H26N2O3. The second-order valence-corrected chi connectivity index (χ2v) is 5.61. The summed E-state index contributed by atoms with van der Waals surface area (Å²) < 4.78 is 4.86. The van der Waals surface area contributed by atoms with E-state index in [-0.39, 0.29) is 12.4 Å². The van der Waals surface area contributed by atoms with Gasteiger partial charge in [0.2, 0.25) is 0 Å². The lowest BCUT2D eigenvalue weighted by atomic mass is 9.99. The van der Waals surface area contributed by atoms with Gasteiger partial charge in [-0.25, -0.2) is 0 Å². The molecule has 19 heavy (non-hydrogen) atoms. The number of hydrogen-bond acceptors (Lipinski definition) is 5. The van der Waals surface area contributed by atoms with Crippen LogP contribution in [0.25, 0.3) is 0 Å². The van der Waals surface area contributed by atoms with Crippen molar-refractivity contribution in [3.05, 3.63) is 0 Å². The molecule has 2 atom stereocenters. The second kappa shape index (κ2) is 7.22. The summed E-state index contributed by atoms with van der Waals surface area (Å²) in [4.78, 5) is 16.2. The maximum atomic E-state index is 11.3. The van der Waals surface area contributed by atoms with E-state index in [4.69, 9.17) is 4.74 Å². The molecule has 5 nitrogen and oxygen atoms in total. The lowest BCUT2D eigenvalue weighted by Crippen LogP contribution is -2.56. The molecule has 2 aliphatic rings. The molecule has 2 rings (SSSR count). The zero-order chi connectivity index (χ0) is 13.7. The van der Waals surface area contributed by atoms with Crippen molar-refractivity contribution >= 4 is 5.97 Å². The van der Waals surface area contributed by atoms with Crippen LogP contribution in [0.5, 0.6) is 0 Å². The lowest BCUT2D eigenvalue weighted by Gasteiger charge is -2.44. The Morgan fingerprint density at radius 2 is 2.21 bits per heavy atom. The molecule has 2 heterocycles. The summed E-state index contributed by atoms with van der Waals surface area (Å²) in [5.74, 6) is -0.300. The quantitative estimate of drug-likeness (QED) is 0.736. The molecule has 5 heteroatoms. The Hall–Kier alpha value is -0.650. The fraction of sp³-hybridized carbons (Fsp3) is 0.929. The van der Waals surface area contributed by atoms with E-state index >= 15 is 0 Å². The van der Waals surface area contributed by atoms with Gasteiger partial charge in [0.25, 0.3) is 0 Å². The SMILES string of the molecule is CCOC(=O)CC(O)CN1CCN2CCCCC2C1. The second-order valence-electron chi connectivity index (χ2n) is 5.61. The zero-order valence-corrected chi connectivity index (χ0v) is 11.9. The first kappa shape index (κ1) is 14.8. The summed E-state index contributed by atoms with van der Waals surface area (Å²) in [5, 5.41) is 9.94. The highest BCUT2D eigenvalue weighted by Crippen LogP contribution is 2.21. The number of ether oxygens (including phenoxy) is 1. The minimum Gasteiger partial charge on any atom is -0.466 e. The topological polar surface area (TPSA) is 53.0 Å². The highest BCUT2D eigenvalue weighted by atomic mass is 16.5. The van der Waals surface area contributed by atoms with Crippen LogP contribution in [0.1, 0.15) is 32.6 Å². The number of hydrogen-bond donors (Lipinski definition) is 1. The van der Waals surface area contributed by atoms with E-state index in [1.807, 2.05) is 0 Å². The Morgan fingerprint density at radius 3 is 3.00 bits per heavy atom. The number of carbonyl (C=O) groups excluding carboxylic acids is 1. The van der Waals surface area contributed by atoms with E-state index in [0.717, 1.165) is 19.6 Å². The smallest absolute Gasteiger partial charge is 0.308 e. The van der Waals surface area contributed by atoms with Crippen molar-refractivity contribution in [2.24, 2.45) is 0 Å². The molecule has 0 bridgehead atoms. The largest absolute Gasteiger partial charge is 0.466 e. The minimum absolute atomic E-state index is 0.110. The van der Waals surface area contributed by atoms with Gasteiger partial charge in [-0.15, -0.1) is 0 Å². The number of rotatable bonds is 5. The van der Waals surface area contributed by atoms with Crippen LogP contribution >= 0.6 is 0 Å². The van der Waals surface area contributed by atoms with Crippen LogP contribution in [0.2, 0.25) is 0 Å². The minimum atomic E-state index is -0.603. The van der Waals surface area contributed by atoms with Crippen LogP contribution in [0.4, 0.5) is 0 Å². The van der Waals surface area contributed by atoms with Crippen LogP contribution in [0.3, 0.4) is 0 Å². The highest BCUT2D eigenvalue weighted by Gasteiger charge is 2.29. The van der Waals surface area contributed by atoms with E-state index in [0.29, 0.717) is 19.2 Å². The average Bonchev–Trinajstić information content (AvgIpc) is 2.38. The Labute approximate surface area is 115 Å². The molecule has 0 spiro atoms. The molecule has 0 aromatic rings. The van der Waals surface area contributed by atoms with E-state index in [9.17, 15) is 9.90 Å². The first-order valence-corrected chi connectivity index (χ1v) is 7.49. The normalized spacial score (nSPS) is 26.7. The van der Waals surface area contributed by atoms with Crippen molar-refractivity contribution in [1.29, 1.82) is 0 Å². The van der Waals surface area contributed by atoms with Crippen LogP contribution in [-0.2, 0) is 9.53 Å². The molecule has 0 aliphatic carbocycles. The van der Waals surface area contributed by atoms with Gasteiger partial charge in [-0.05, 0) is 26.3 Å². The third kappa shape index (κ3) is 4.44. The molecule has 0 radical (unpaired) electrons. The van der Waals surface area contributed by atoms with Crippen LogP contribution in [-0.4, -0.2) is 72.4 Å².